The van der Waals surface area contributed by atoms with Crippen LogP contribution in [0.5, 0.6) is 5.75 Å². The van der Waals surface area contributed by atoms with Gasteiger partial charge in [0, 0.05) is 20.0 Å². The molecule has 1 aromatic rings. The zero-order valence-electron chi connectivity index (χ0n) is 13.4. The van der Waals surface area contributed by atoms with E-state index in [0.29, 0.717) is 19.6 Å². The van der Waals surface area contributed by atoms with Crippen LogP contribution in [0.1, 0.15) is 18.9 Å². The van der Waals surface area contributed by atoms with E-state index in [1.165, 1.54) is 12.5 Å². The second-order valence-electron chi connectivity index (χ2n) is 5.22. The van der Waals surface area contributed by atoms with E-state index < -0.39 is 5.97 Å². The van der Waals surface area contributed by atoms with E-state index in [-0.39, 0.29) is 12.5 Å². The molecule has 1 N–H and O–H groups in total. The summed E-state index contributed by atoms with van der Waals surface area (Å²) in [5.74, 6) is 0.0601. The van der Waals surface area contributed by atoms with Gasteiger partial charge in [-0.2, -0.15) is 0 Å². The molecule has 0 aromatic heterocycles. The zero-order valence-corrected chi connectivity index (χ0v) is 13.4. The van der Waals surface area contributed by atoms with Crippen molar-refractivity contribution in [1.29, 1.82) is 0 Å². The summed E-state index contributed by atoms with van der Waals surface area (Å²) >= 11 is 0. The van der Waals surface area contributed by atoms with Crippen LogP contribution in [0.2, 0.25) is 0 Å². The summed E-state index contributed by atoms with van der Waals surface area (Å²) in [6.45, 7) is 2.90. The van der Waals surface area contributed by atoms with Crippen molar-refractivity contribution in [2.75, 3.05) is 33.9 Å². The van der Waals surface area contributed by atoms with Gasteiger partial charge in [-0.1, -0.05) is 12.1 Å². The van der Waals surface area contributed by atoms with E-state index in [2.05, 4.69) is 21.0 Å². The number of hydrogen-bond donors (Lipinski definition) is 1. The largest absolute Gasteiger partial charge is 0.494 e. The number of nitrogens with zero attached hydrogens (tertiary/aromatic N) is 1. The molecule has 0 unspecified atom stereocenters. The minimum Gasteiger partial charge on any atom is -0.494 e. The summed E-state index contributed by atoms with van der Waals surface area (Å²) in [4.78, 5) is 23.9. The second kappa shape index (κ2) is 9.78. The van der Waals surface area contributed by atoms with Crippen LogP contribution in [-0.2, 0) is 20.9 Å². The van der Waals surface area contributed by atoms with Crippen LogP contribution in [0.15, 0.2) is 24.3 Å². The second-order valence-corrected chi connectivity index (χ2v) is 5.22. The van der Waals surface area contributed by atoms with Gasteiger partial charge in [0.2, 0.25) is 0 Å². The molecule has 0 saturated carbocycles. The number of amides is 1. The summed E-state index contributed by atoms with van der Waals surface area (Å²) in [5, 5.41) is 2.66. The van der Waals surface area contributed by atoms with Crippen LogP contribution >= 0.6 is 0 Å². The van der Waals surface area contributed by atoms with Gasteiger partial charge in [0.05, 0.1) is 6.61 Å². The van der Waals surface area contributed by atoms with Gasteiger partial charge in [-0.05, 0) is 38.2 Å². The topological polar surface area (TPSA) is 67.9 Å². The van der Waals surface area contributed by atoms with Gasteiger partial charge < -0.3 is 19.7 Å². The summed E-state index contributed by atoms with van der Waals surface area (Å²) < 4.78 is 10.2. The molecular weight excluding hydrogens is 284 g/mol. The molecule has 1 rings (SSSR count). The molecule has 0 bridgehead atoms. The van der Waals surface area contributed by atoms with Gasteiger partial charge >= 0.3 is 5.97 Å². The minimum absolute atomic E-state index is 0.233. The molecule has 1 amide bonds. The molecule has 22 heavy (non-hydrogen) atoms. The first kappa shape index (κ1) is 18.0. The molecule has 1 aromatic carbocycles. The lowest BCUT2D eigenvalue weighted by Crippen LogP contribution is -2.29. The van der Waals surface area contributed by atoms with E-state index in [9.17, 15) is 9.59 Å². The highest BCUT2D eigenvalue weighted by molar-refractivity contribution is 5.79. The molecule has 6 nitrogen and oxygen atoms in total. The van der Waals surface area contributed by atoms with Gasteiger partial charge in [-0.3, -0.25) is 9.59 Å². The van der Waals surface area contributed by atoms with Gasteiger partial charge in [-0.15, -0.1) is 0 Å². The van der Waals surface area contributed by atoms with E-state index in [1.54, 1.807) is 0 Å². The van der Waals surface area contributed by atoms with Crippen molar-refractivity contribution in [3.8, 4) is 5.75 Å². The third-order valence-corrected chi connectivity index (χ3v) is 2.72. The molecule has 0 aliphatic heterocycles. The minimum atomic E-state index is -0.462. The third-order valence-electron chi connectivity index (χ3n) is 2.72. The Morgan fingerprint density at radius 2 is 2.05 bits per heavy atom. The average molecular weight is 308 g/mol. The standard InChI is InChI=1S/C16H24N2O4/c1-13(19)22-12-16(20)17-8-5-9-21-15-7-4-6-14(10-15)11-18(2)3/h4,6-7,10H,5,8-9,11-12H2,1-3H3,(H,17,20). The predicted octanol–water partition coefficient (Wildman–Crippen LogP) is 1.20. The maximum absolute atomic E-state index is 11.3. The quantitative estimate of drug-likeness (QED) is 0.548. The van der Waals surface area contributed by atoms with Crippen LogP contribution in [0.25, 0.3) is 0 Å². The Morgan fingerprint density at radius 1 is 1.27 bits per heavy atom. The lowest BCUT2D eigenvalue weighted by atomic mass is 10.2. The number of esters is 1. The lowest BCUT2D eigenvalue weighted by molar-refractivity contribution is -0.146. The summed E-state index contributed by atoms with van der Waals surface area (Å²) in [6.07, 6.45) is 0.684. The van der Waals surface area contributed by atoms with E-state index in [1.807, 2.05) is 32.3 Å². The Kier molecular flexibility index (Phi) is 7.99. The summed E-state index contributed by atoms with van der Waals surface area (Å²) in [7, 11) is 4.04. The van der Waals surface area contributed by atoms with E-state index >= 15 is 0 Å². The summed E-state index contributed by atoms with van der Waals surface area (Å²) in [6, 6.07) is 7.95. The van der Waals surface area contributed by atoms with Crippen LogP contribution < -0.4 is 10.1 Å². The highest BCUT2D eigenvalue weighted by atomic mass is 16.5. The number of benzene rings is 1. The Hall–Kier alpha value is -2.08. The molecule has 0 aliphatic rings. The van der Waals surface area contributed by atoms with Gasteiger partial charge in [0.15, 0.2) is 6.61 Å². The molecule has 0 spiro atoms. The molecule has 0 atom stereocenters. The number of carbonyl (C=O) groups is 2. The van der Waals surface area contributed by atoms with Crippen molar-refractivity contribution in [3.05, 3.63) is 29.8 Å². The zero-order chi connectivity index (χ0) is 16.4. The highest BCUT2D eigenvalue weighted by Crippen LogP contribution is 2.14. The Morgan fingerprint density at radius 3 is 2.73 bits per heavy atom. The van der Waals surface area contributed by atoms with Crippen LogP contribution in [-0.4, -0.2) is 50.6 Å². The Balaban J connectivity index is 2.19. The summed E-state index contributed by atoms with van der Waals surface area (Å²) in [5.41, 5.74) is 1.19. The monoisotopic (exact) mass is 308 g/mol. The van der Waals surface area contributed by atoms with Gasteiger partial charge in [0.1, 0.15) is 5.75 Å². The highest BCUT2D eigenvalue weighted by Gasteiger charge is 2.03. The number of rotatable bonds is 9. The number of carbonyl (C=O) groups excluding carboxylic acids is 2. The van der Waals surface area contributed by atoms with Crippen LogP contribution in [0.3, 0.4) is 0 Å². The SMILES string of the molecule is CC(=O)OCC(=O)NCCCOc1cccc(CN(C)C)c1. The maximum Gasteiger partial charge on any atom is 0.303 e. The molecule has 0 fully saturated rings. The third kappa shape index (κ3) is 8.26. The fourth-order valence-corrected chi connectivity index (χ4v) is 1.81. The van der Waals surface area contributed by atoms with Crippen molar-refractivity contribution >= 4 is 11.9 Å². The Bertz CT molecular complexity index is 489. The molecular formula is C16H24N2O4. The van der Waals surface area contributed by atoms with E-state index in [0.717, 1.165) is 12.3 Å². The number of hydrogen-bond acceptors (Lipinski definition) is 5. The number of ether oxygens (including phenoxy) is 2. The average Bonchev–Trinajstić information content (AvgIpc) is 2.44. The maximum atomic E-state index is 11.3. The van der Waals surface area contributed by atoms with Crippen molar-refractivity contribution < 1.29 is 19.1 Å². The molecule has 122 valence electrons. The van der Waals surface area contributed by atoms with Crippen molar-refractivity contribution in [2.45, 2.75) is 19.9 Å². The fourth-order valence-electron chi connectivity index (χ4n) is 1.81. The number of nitrogens with one attached hydrogen (secondary N) is 1. The smallest absolute Gasteiger partial charge is 0.303 e. The van der Waals surface area contributed by atoms with Crippen LogP contribution in [0, 0.1) is 0 Å². The normalized spacial score (nSPS) is 10.4. The Labute approximate surface area is 131 Å². The molecule has 0 radical (unpaired) electrons. The van der Waals surface area contributed by atoms with Crippen molar-refractivity contribution in [2.24, 2.45) is 0 Å². The molecule has 6 heteroatoms. The van der Waals surface area contributed by atoms with Gasteiger partial charge in [-0.25, -0.2) is 0 Å². The first-order chi connectivity index (χ1) is 10.5. The predicted molar refractivity (Wildman–Crippen MR) is 83.6 cm³/mol. The lowest BCUT2D eigenvalue weighted by Gasteiger charge is -2.12. The fraction of sp³-hybridized carbons (Fsp3) is 0.500. The first-order valence-corrected chi connectivity index (χ1v) is 7.24. The first-order valence-electron chi connectivity index (χ1n) is 7.24. The van der Waals surface area contributed by atoms with Crippen LogP contribution in [0.4, 0.5) is 0 Å². The molecule has 0 aliphatic carbocycles. The molecule has 0 heterocycles. The van der Waals surface area contributed by atoms with Crippen molar-refractivity contribution in [3.63, 3.8) is 0 Å². The van der Waals surface area contributed by atoms with E-state index in [4.69, 9.17) is 4.74 Å². The van der Waals surface area contributed by atoms with Crippen molar-refractivity contribution in [1.82, 2.24) is 10.2 Å². The molecule has 0 saturated heterocycles. The van der Waals surface area contributed by atoms with Gasteiger partial charge in [0.25, 0.3) is 5.91 Å².